The van der Waals surface area contributed by atoms with Gasteiger partial charge in [0.15, 0.2) is 5.78 Å². The van der Waals surface area contributed by atoms with Crippen LogP contribution in [0.5, 0.6) is 0 Å². The summed E-state index contributed by atoms with van der Waals surface area (Å²) in [6, 6.07) is 20.4. The highest BCUT2D eigenvalue weighted by atomic mass is 35.5. The van der Waals surface area contributed by atoms with Crippen molar-refractivity contribution in [3.8, 4) is 0 Å². The summed E-state index contributed by atoms with van der Waals surface area (Å²) in [6.45, 7) is 1.56. The number of hydrogen-bond acceptors (Lipinski definition) is 5. The number of carbonyl (C=O) groups is 1. The van der Waals surface area contributed by atoms with E-state index in [1.807, 2.05) is 48.5 Å². The normalized spacial score (nSPS) is 25.2. The number of para-hydroxylation sites is 1. The predicted molar refractivity (Wildman–Crippen MR) is 137 cm³/mol. The van der Waals surface area contributed by atoms with Gasteiger partial charge < -0.3 is 5.32 Å². The molecule has 0 aromatic heterocycles. The highest BCUT2D eigenvalue weighted by molar-refractivity contribution is 8.00. The molecule has 1 heterocycles. The Morgan fingerprint density at radius 1 is 1.12 bits per heavy atom. The second kappa shape index (κ2) is 9.25. The molecule has 0 unspecified atom stereocenters. The summed E-state index contributed by atoms with van der Waals surface area (Å²) in [5.74, 6) is 0.158. The Hall–Kier alpha value is -2.54. The van der Waals surface area contributed by atoms with Crippen LogP contribution >= 0.6 is 35.0 Å². The quantitative estimate of drug-likeness (QED) is 0.166. The fraction of sp³-hybridized carbons (Fsp3) is 0.269. The van der Waals surface area contributed by atoms with Crippen LogP contribution in [0.3, 0.4) is 0 Å². The number of nitro benzene ring substituents is 1. The first kappa shape index (κ1) is 23.2. The third-order valence-electron chi connectivity index (χ3n) is 6.79. The minimum absolute atomic E-state index is 0.00170. The molecule has 0 bridgehead atoms. The van der Waals surface area contributed by atoms with Crippen LogP contribution in [0.2, 0.25) is 5.02 Å². The van der Waals surface area contributed by atoms with E-state index in [9.17, 15) is 14.9 Å². The van der Waals surface area contributed by atoms with Crippen LogP contribution in [0, 0.1) is 16.0 Å². The van der Waals surface area contributed by atoms with Gasteiger partial charge in [0.1, 0.15) is 0 Å². The van der Waals surface area contributed by atoms with E-state index in [0.29, 0.717) is 15.5 Å². The van der Waals surface area contributed by atoms with E-state index < -0.39 is 0 Å². The largest absolute Gasteiger partial charge is 0.378 e. The molecule has 34 heavy (non-hydrogen) atoms. The highest BCUT2D eigenvalue weighted by Crippen LogP contribution is 2.58. The predicted octanol–water partition coefficient (Wildman–Crippen LogP) is 7.49. The number of nitrogens with one attached hydrogen (secondary N) is 1. The number of nitro groups is 1. The zero-order valence-electron chi connectivity index (χ0n) is 18.3. The third kappa shape index (κ3) is 4.19. The molecule has 5 rings (SSSR count). The minimum Gasteiger partial charge on any atom is -0.378 e. The van der Waals surface area contributed by atoms with Crippen LogP contribution in [0.15, 0.2) is 71.6 Å². The lowest BCUT2D eigenvalue weighted by Gasteiger charge is -2.38. The van der Waals surface area contributed by atoms with E-state index in [4.69, 9.17) is 23.2 Å². The van der Waals surface area contributed by atoms with Crippen LogP contribution in [0.4, 0.5) is 11.4 Å². The first-order valence-electron chi connectivity index (χ1n) is 11.0. The lowest BCUT2D eigenvalue weighted by molar-refractivity contribution is -0.387. The van der Waals surface area contributed by atoms with E-state index in [-0.39, 0.29) is 44.9 Å². The van der Waals surface area contributed by atoms with Gasteiger partial charge in [0, 0.05) is 33.5 Å². The lowest BCUT2D eigenvalue weighted by atomic mass is 9.76. The first-order valence-corrected chi connectivity index (χ1v) is 12.7. The Morgan fingerprint density at radius 2 is 1.85 bits per heavy atom. The number of halogens is 2. The molecule has 1 aliphatic carbocycles. The van der Waals surface area contributed by atoms with Gasteiger partial charge in [0.25, 0.3) is 5.69 Å². The maximum atomic E-state index is 12.1. The average Bonchev–Trinajstić information content (AvgIpc) is 3.15. The molecule has 2 aliphatic rings. The van der Waals surface area contributed by atoms with Crippen LogP contribution in [0.25, 0.3) is 0 Å². The fourth-order valence-corrected chi connectivity index (χ4v) is 7.28. The van der Waals surface area contributed by atoms with Crippen LogP contribution in [-0.2, 0) is 0 Å². The second-order valence-electron chi connectivity index (χ2n) is 8.78. The van der Waals surface area contributed by atoms with Crippen molar-refractivity contribution in [1.29, 1.82) is 0 Å². The first-order chi connectivity index (χ1) is 16.3. The highest BCUT2D eigenvalue weighted by Gasteiger charge is 2.50. The van der Waals surface area contributed by atoms with Crippen molar-refractivity contribution in [2.75, 3.05) is 5.32 Å². The number of hydrogen-bond donors (Lipinski definition) is 1. The Labute approximate surface area is 212 Å². The maximum Gasteiger partial charge on any atom is 0.282 e. The number of ketones is 1. The summed E-state index contributed by atoms with van der Waals surface area (Å²) in [6.07, 6.45) is 0.777. The summed E-state index contributed by atoms with van der Waals surface area (Å²) >= 11 is 14.8. The Bertz CT molecular complexity index is 1270. The summed E-state index contributed by atoms with van der Waals surface area (Å²) < 4.78 is 0. The van der Waals surface area contributed by atoms with Crippen LogP contribution in [0.1, 0.15) is 46.8 Å². The molecule has 5 atom stereocenters. The van der Waals surface area contributed by atoms with Crippen molar-refractivity contribution in [2.45, 2.75) is 40.8 Å². The second-order valence-corrected chi connectivity index (χ2v) is 11.0. The Kier molecular flexibility index (Phi) is 6.32. The van der Waals surface area contributed by atoms with Gasteiger partial charge in [-0.2, -0.15) is 0 Å². The summed E-state index contributed by atoms with van der Waals surface area (Å²) in [5, 5.41) is 15.6. The molecule has 1 N–H and O–H groups in total. The zero-order chi connectivity index (χ0) is 24.0. The summed E-state index contributed by atoms with van der Waals surface area (Å²) in [5.41, 5.74) is 3.86. The summed E-state index contributed by atoms with van der Waals surface area (Å²) in [4.78, 5) is 23.9. The topological polar surface area (TPSA) is 72.2 Å². The van der Waals surface area contributed by atoms with Gasteiger partial charge in [-0.3, -0.25) is 14.9 Å². The number of alkyl halides is 1. The Morgan fingerprint density at radius 3 is 2.56 bits per heavy atom. The van der Waals surface area contributed by atoms with Crippen molar-refractivity contribution in [1.82, 2.24) is 0 Å². The van der Waals surface area contributed by atoms with Crippen LogP contribution in [-0.4, -0.2) is 21.3 Å². The number of nitrogens with zero attached hydrogens (tertiary/aromatic N) is 1. The molecule has 1 fully saturated rings. The van der Waals surface area contributed by atoms with Gasteiger partial charge in [-0.15, -0.1) is 23.4 Å². The van der Waals surface area contributed by atoms with E-state index >= 15 is 0 Å². The third-order valence-corrected chi connectivity index (χ3v) is 9.15. The van der Waals surface area contributed by atoms with Crippen molar-refractivity contribution in [3.63, 3.8) is 0 Å². The molecule has 3 aromatic carbocycles. The van der Waals surface area contributed by atoms with Gasteiger partial charge in [-0.1, -0.05) is 35.9 Å². The van der Waals surface area contributed by atoms with E-state index in [1.54, 1.807) is 19.1 Å². The number of anilines is 1. The van der Waals surface area contributed by atoms with Gasteiger partial charge in [0.05, 0.1) is 21.2 Å². The number of fused-ring (bicyclic) bond motifs is 3. The monoisotopic (exact) mass is 512 g/mol. The average molecular weight is 513 g/mol. The number of thioether (sulfide) groups is 1. The summed E-state index contributed by atoms with van der Waals surface area (Å²) in [7, 11) is 0. The van der Waals surface area contributed by atoms with Crippen molar-refractivity contribution >= 4 is 52.1 Å². The molecular weight excluding hydrogens is 491 g/mol. The molecule has 174 valence electrons. The van der Waals surface area contributed by atoms with Gasteiger partial charge in [-0.05, 0) is 66.8 Å². The molecular formula is C26H22Cl2N2O3S. The number of benzene rings is 3. The Balaban J connectivity index is 1.55. The van der Waals surface area contributed by atoms with Crippen molar-refractivity contribution in [2.24, 2.45) is 5.92 Å². The molecule has 1 aliphatic heterocycles. The number of Topliss-reactive ketones (excluding diaryl/α,β-unsaturated/α-hetero) is 1. The minimum atomic E-state index is -0.347. The van der Waals surface area contributed by atoms with E-state index in [1.165, 1.54) is 17.8 Å². The molecule has 8 heteroatoms. The van der Waals surface area contributed by atoms with Crippen molar-refractivity contribution < 1.29 is 9.72 Å². The standard InChI is InChI=1S/C26H22Cl2N2O3S/c1-14(31)16-8-11-20-18(12-16)24-19(26(29-20)15-6-9-17(27)10-7-15)13-23(25(24)28)34-22-5-3-2-4-21(22)30(32)33/h2-12,19,23-26,29H,13H2,1H3/t19-,23-,24+,25-,26+/m1/s1. The van der Waals surface area contributed by atoms with Crippen molar-refractivity contribution in [3.05, 3.63) is 98.6 Å². The van der Waals surface area contributed by atoms with Crippen LogP contribution < -0.4 is 5.32 Å². The fourth-order valence-electron chi connectivity index (χ4n) is 5.21. The van der Waals surface area contributed by atoms with Gasteiger partial charge in [-0.25, -0.2) is 0 Å². The SMILES string of the molecule is CC(=O)c1ccc2c(c1)[C@@H]1[C@H](Cl)[C@H](Sc3ccccc3[N+](=O)[O-])C[C@H]1[C@H](c1ccc(Cl)cc1)N2. The molecule has 1 saturated carbocycles. The van der Waals surface area contributed by atoms with Gasteiger partial charge in [0.2, 0.25) is 0 Å². The molecule has 0 spiro atoms. The molecule has 0 saturated heterocycles. The molecule has 0 amide bonds. The maximum absolute atomic E-state index is 12.1. The van der Waals surface area contributed by atoms with Gasteiger partial charge >= 0.3 is 0 Å². The molecule has 0 radical (unpaired) electrons. The zero-order valence-corrected chi connectivity index (χ0v) is 20.6. The van der Waals surface area contributed by atoms with E-state index in [0.717, 1.165) is 23.2 Å². The lowest BCUT2D eigenvalue weighted by Crippen LogP contribution is -2.31. The van der Waals surface area contributed by atoms with E-state index in [2.05, 4.69) is 5.32 Å². The number of rotatable bonds is 5. The smallest absolute Gasteiger partial charge is 0.282 e. The number of carbonyl (C=O) groups excluding carboxylic acids is 1. The molecule has 3 aromatic rings. The molecule has 5 nitrogen and oxygen atoms in total.